The Kier molecular flexibility index (Phi) is 6.99. The van der Waals surface area contributed by atoms with Crippen molar-refractivity contribution in [2.75, 3.05) is 14.2 Å². The summed E-state index contributed by atoms with van der Waals surface area (Å²) in [5, 5.41) is 14.7. The fraction of sp³-hybridized carbons (Fsp3) is 0.167. The van der Waals surface area contributed by atoms with Gasteiger partial charge in [-0.3, -0.25) is 0 Å². The highest BCUT2D eigenvalue weighted by Gasteiger charge is 2.60. The number of rotatable bonds is 9. The minimum Gasteiger partial charge on any atom is -0.387 e. The van der Waals surface area contributed by atoms with Gasteiger partial charge in [0.2, 0.25) is 5.79 Å². The highest BCUT2D eigenvalue weighted by atomic mass is 16.7. The molecule has 4 heteroatoms. The van der Waals surface area contributed by atoms with Crippen molar-refractivity contribution in [2.45, 2.75) is 23.7 Å². The van der Waals surface area contributed by atoms with Crippen LogP contribution < -0.4 is 0 Å². The molecular weight excluding hydrogens is 494 g/mol. The summed E-state index contributed by atoms with van der Waals surface area (Å²) in [6.45, 7) is 0. The first kappa shape index (κ1) is 26.0. The van der Waals surface area contributed by atoms with E-state index in [1.54, 1.807) is 14.2 Å². The monoisotopic (exact) mass is 527 g/mol. The average Bonchev–Trinajstić information content (AvgIpc) is 3.41. The maximum atomic E-state index is 12.4. The number of methoxy groups -OCH3 is 2. The molecule has 6 rings (SSSR count). The van der Waals surface area contributed by atoms with Gasteiger partial charge in [-0.2, -0.15) is 0 Å². The van der Waals surface area contributed by atoms with Gasteiger partial charge in [0, 0.05) is 42.4 Å². The number of fused-ring (bicyclic) bond motifs is 3. The number of aromatic nitrogens is 1. The molecule has 0 spiro atoms. The van der Waals surface area contributed by atoms with Crippen LogP contribution in [-0.4, -0.2) is 36.2 Å². The van der Waals surface area contributed by atoms with Gasteiger partial charge in [0.25, 0.3) is 0 Å². The molecule has 0 fully saturated rings. The van der Waals surface area contributed by atoms with Crippen molar-refractivity contribution in [3.8, 4) is 0 Å². The number of nitrogens with one attached hydrogen (secondary N) is 1. The lowest BCUT2D eigenvalue weighted by atomic mass is 9.61. The van der Waals surface area contributed by atoms with Gasteiger partial charge >= 0.3 is 0 Å². The quantitative estimate of drug-likeness (QED) is 0.154. The van der Waals surface area contributed by atoms with Gasteiger partial charge in [-0.25, -0.2) is 0 Å². The normalized spacial score (nSPS) is 13.1. The fourth-order valence-electron chi connectivity index (χ4n) is 6.53. The third kappa shape index (κ3) is 3.96. The number of aromatic amines is 1. The lowest BCUT2D eigenvalue weighted by molar-refractivity contribution is -0.283. The van der Waals surface area contributed by atoms with E-state index in [0.29, 0.717) is 6.42 Å². The minimum absolute atomic E-state index is 0.306. The largest absolute Gasteiger partial charge is 0.387 e. The van der Waals surface area contributed by atoms with E-state index in [0.717, 1.165) is 44.1 Å². The van der Waals surface area contributed by atoms with E-state index in [9.17, 15) is 5.11 Å². The Morgan fingerprint density at radius 3 is 1.60 bits per heavy atom. The Morgan fingerprint density at radius 1 is 0.600 bits per heavy atom. The Hall–Kier alpha value is -4.22. The molecule has 0 saturated carbocycles. The van der Waals surface area contributed by atoms with Gasteiger partial charge < -0.3 is 19.6 Å². The molecule has 5 aromatic carbocycles. The first-order valence-corrected chi connectivity index (χ1v) is 13.6. The molecule has 1 aromatic heterocycles. The summed E-state index contributed by atoms with van der Waals surface area (Å²) in [4.78, 5) is 3.58. The first-order valence-electron chi connectivity index (χ1n) is 13.6. The molecule has 200 valence electrons. The van der Waals surface area contributed by atoms with Crippen molar-refractivity contribution in [3.63, 3.8) is 0 Å². The predicted molar refractivity (Wildman–Crippen MR) is 161 cm³/mol. The summed E-state index contributed by atoms with van der Waals surface area (Å²) >= 11 is 0. The van der Waals surface area contributed by atoms with E-state index in [1.165, 1.54) is 0 Å². The van der Waals surface area contributed by atoms with Gasteiger partial charge in [0.05, 0.1) is 0 Å². The topological polar surface area (TPSA) is 54.5 Å². The molecule has 0 radical (unpaired) electrons. The molecule has 2 N–H and O–H groups in total. The van der Waals surface area contributed by atoms with Crippen LogP contribution in [-0.2, 0) is 21.3 Å². The predicted octanol–water partition coefficient (Wildman–Crippen LogP) is 7.25. The lowest BCUT2D eigenvalue weighted by Gasteiger charge is -2.51. The molecule has 1 atom stereocenters. The van der Waals surface area contributed by atoms with Crippen molar-refractivity contribution in [3.05, 3.63) is 156 Å². The third-order valence-electron chi connectivity index (χ3n) is 8.23. The zero-order valence-corrected chi connectivity index (χ0v) is 22.7. The van der Waals surface area contributed by atoms with Crippen molar-refractivity contribution < 1.29 is 14.6 Å². The van der Waals surface area contributed by atoms with Crippen LogP contribution in [0.4, 0.5) is 0 Å². The number of H-pyrrole nitrogens is 1. The van der Waals surface area contributed by atoms with Gasteiger partial charge in [-0.1, -0.05) is 127 Å². The molecule has 0 aliphatic rings. The second-order valence-corrected chi connectivity index (χ2v) is 10.2. The summed E-state index contributed by atoms with van der Waals surface area (Å²) in [7, 11) is 3.25. The first-order chi connectivity index (χ1) is 19.7. The van der Waals surface area contributed by atoms with Crippen molar-refractivity contribution >= 4 is 21.8 Å². The third-order valence-corrected chi connectivity index (χ3v) is 8.23. The molecule has 0 saturated heterocycles. The zero-order valence-electron chi connectivity index (χ0n) is 22.7. The molecule has 0 amide bonds. The second-order valence-electron chi connectivity index (χ2n) is 10.2. The molecule has 0 bridgehead atoms. The molecule has 0 aliphatic carbocycles. The van der Waals surface area contributed by atoms with Gasteiger partial charge in [-0.05, 0) is 28.3 Å². The average molecular weight is 528 g/mol. The van der Waals surface area contributed by atoms with Crippen LogP contribution in [0.3, 0.4) is 0 Å². The van der Waals surface area contributed by atoms with Crippen molar-refractivity contribution in [2.24, 2.45) is 0 Å². The number of ether oxygens (including phenoxy) is 2. The van der Waals surface area contributed by atoms with Crippen LogP contribution in [0.2, 0.25) is 0 Å². The van der Waals surface area contributed by atoms with Gasteiger partial charge in [0.1, 0.15) is 11.5 Å². The summed E-state index contributed by atoms with van der Waals surface area (Å²) in [6, 6.07) is 45.1. The summed E-state index contributed by atoms with van der Waals surface area (Å²) in [5.74, 6) is -1.49. The van der Waals surface area contributed by atoms with Crippen molar-refractivity contribution in [1.82, 2.24) is 4.98 Å². The van der Waals surface area contributed by atoms with E-state index >= 15 is 0 Å². The number of hydrogen-bond donors (Lipinski definition) is 2. The Labute approximate surface area is 234 Å². The van der Waals surface area contributed by atoms with E-state index in [4.69, 9.17) is 9.47 Å². The van der Waals surface area contributed by atoms with Crippen LogP contribution in [0, 0.1) is 0 Å². The number of para-hydroxylation sites is 2. The van der Waals surface area contributed by atoms with Crippen LogP contribution >= 0.6 is 0 Å². The highest BCUT2D eigenvalue weighted by Crippen LogP contribution is 2.51. The zero-order chi connectivity index (χ0) is 27.6. The van der Waals surface area contributed by atoms with Gasteiger partial charge in [0.15, 0.2) is 0 Å². The maximum absolute atomic E-state index is 12.4. The molecule has 0 aliphatic heterocycles. The lowest BCUT2D eigenvalue weighted by Crippen LogP contribution is -2.63. The number of hydrogen-bond acceptors (Lipinski definition) is 3. The molecule has 4 nitrogen and oxygen atoms in total. The second kappa shape index (κ2) is 10.7. The Bertz CT molecular complexity index is 1610. The molecule has 40 heavy (non-hydrogen) atoms. The smallest absolute Gasteiger partial charge is 0.212 e. The SMILES string of the molecule is COC(OC)(C(O)Cc1cccc2c1[nH]c1ccccc12)C(c1ccccc1)(c1ccccc1)c1ccccc1. The van der Waals surface area contributed by atoms with Crippen LogP contribution in [0.15, 0.2) is 133 Å². The fourth-order valence-corrected chi connectivity index (χ4v) is 6.53. The summed E-state index contributed by atoms with van der Waals surface area (Å²) in [5.41, 5.74) is 4.93. The molecular formula is C36H33NO3. The number of benzene rings is 5. The molecule has 1 heterocycles. The minimum atomic E-state index is -1.49. The van der Waals surface area contributed by atoms with E-state index in [-0.39, 0.29) is 0 Å². The number of aliphatic hydroxyl groups excluding tert-OH is 1. The molecule has 6 aromatic rings. The standard InChI is InChI=1S/C36H33NO3/c1-39-36(40-2,33(38)25-26-15-14-23-31-30-22-12-13-24-32(30)37-34(26)31)35(27-16-6-3-7-17-27,28-18-8-4-9-19-28)29-20-10-5-11-21-29/h3-24,33,37-38H,25H2,1-2H3. The Balaban J connectivity index is 1.60. The number of aliphatic hydroxyl groups is 1. The summed E-state index contributed by atoms with van der Waals surface area (Å²) < 4.78 is 12.9. The van der Waals surface area contributed by atoms with E-state index in [1.807, 2.05) is 72.8 Å². The van der Waals surface area contributed by atoms with E-state index < -0.39 is 17.3 Å². The summed E-state index contributed by atoms with van der Waals surface area (Å²) in [6.07, 6.45) is -0.750. The van der Waals surface area contributed by atoms with Gasteiger partial charge in [-0.15, -0.1) is 0 Å². The Morgan fingerprint density at radius 2 is 1.07 bits per heavy atom. The molecule has 1 unspecified atom stereocenters. The maximum Gasteiger partial charge on any atom is 0.212 e. The van der Waals surface area contributed by atoms with Crippen LogP contribution in [0.1, 0.15) is 22.3 Å². The highest BCUT2D eigenvalue weighted by molar-refractivity contribution is 6.08. The van der Waals surface area contributed by atoms with Crippen molar-refractivity contribution in [1.29, 1.82) is 0 Å². The van der Waals surface area contributed by atoms with E-state index in [2.05, 4.69) is 65.6 Å². The van der Waals surface area contributed by atoms with Crippen LogP contribution in [0.5, 0.6) is 0 Å². The van der Waals surface area contributed by atoms with Crippen LogP contribution in [0.25, 0.3) is 21.8 Å².